The van der Waals surface area contributed by atoms with Crippen LogP contribution in [0, 0.1) is 5.92 Å². The Morgan fingerprint density at radius 1 is 1.00 bits per heavy atom. The van der Waals surface area contributed by atoms with Gasteiger partial charge in [0.2, 0.25) is 0 Å². The monoisotopic (exact) mass is 711 g/mol. The Hall–Kier alpha value is -2.23. The molecule has 0 unspecified atom stereocenters. The summed E-state index contributed by atoms with van der Waals surface area (Å²) in [5.41, 5.74) is -2.44. The number of benzene rings is 1. The maximum Gasteiger partial charge on any atom is 0.426 e. The van der Waals surface area contributed by atoms with E-state index in [1.807, 2.05) is 29.6 Å². The predicted octanol–water partition coefficient (Wildman–Crippen LogP) is 6.91. The molecule has 0 saturated carbocycles. The largest absolute Gasteiger partial charge is 0.497 e. The van der Waals surface area contributed by atoms with Crippen LogP contribution in [0.2, 0.25) is 0 Å². The predicted molar refractivity (Wildman–Crippen MR) is 170 cm³/mol. The molecule has 2 fully saturated rings. The molecule has 44 heavy (non-hydrogen) atoms. The fourth-order valence-electron chi connectivity index (χ4n) is 5.15. The van der Waals surface area contributed by atoms with Crippen molar-refractivity contribution in [1.82, 2.24) is 9.88 Å². The lowest BCUT2D eigenvalue weighted by Gasteiger charge is -2.52. The molecule has 0 bridgehead atoms. The average molecular weight is 713 g/mol. The Balaban J connectivity index is 1.43. The van der Waals surface area contributed by atoms with Gasteiger partial charge < -0.3 is 28.4 Å². The fourth-order valence-corrected chi connectivity index (χ4v) is 7.87. The number of halogens is 1. The van der Waals surface area contributed by atoms with Gasteiger partial charge in [0.25, 0.3) is 0 Å². The molecule has 0 radical (unpaired) electrons. The number of methoxy groups -OCH3 is 1. The van der Waals surface area contributed by atoms with Crippen LogP contribution in [-0.4, -0.2) is 76.7 Å². The summed E-state index contributed by atoms with van der Waals surface area (Å²) in [5.74, 6) is 1.23. The summed E-state index contributed by atoms with van der Waals surface area (Å²) in [5, 5.41) is 2.77. The van der Waals surface area contributed by atoms with Crippen LogP contribution in [0.4, 0.5) is 9.59 Å². The van der Waals surface area contributed by atoms with Gasteiger partial charge in [0.05, 0.1) is 26.9 Å². The van der Waals surface area contributed by atoms with Gasteiger partial charge in [0, 0.05) is 22.6 Å². The molecule has 0 N–H and O–H groups in total. The smallest absolute Gasteiger partial charge is 0.426 e. The van der Waals surface area contributed by atoms with E-state index in [0.717, 1.165) is 16.2 Å². The molecule has 14 heteroatoms. The van der Waals surface area contributed by atoms with E-state index in [9.17, 15) is 9.59 Å². The van der Waals surface area contributed by atoms with Crippen molar-refractivity contribution in [2.75, 3.05) is 32.7 Å². The highest BCUT2D eigenvalue weighted by molar-refractivity contribution is 9.10. The van der Waals surface area contributed by atoms with Gasteiger partial charge in [-0.1, -0.05) is 23.9 Å². The topological polar surface area (TPSA) is 118 Å². The number of rotatable bonds is 3. The molecule has 2 saturated heterocycles. The maximum atomic E-state index is 13.4. The molecule has 2 amide bonds. The van der Waals surface area contributed by atoms with E-state index in [2.05, 4.69) is 15.9 Å². The van der Waals surface area contributed by atoms with Crippen molar-refractivity contribution in [3.8, 4) is 5.75 Å². The van der Waals surface area contributed by atoms with Gasteiger partial charge in [0.15, 0.2) is 11.5 Å². The molecule has 1 spiro atoms. The number of thiazole rings is 1. The summed E-state index contributed by atoms with van der Waals surface area (Å²) in [6, 6.07) is 7.58. The third-order valence-corrected chi connectivity index (χ3v) is 9.99. The molecule has 0 aliphatic carbocycles. The van der Waals surface area contributed by atoms with Crippen LogP contribution in [0.15, 0.2) is 39.2 Å². The standard InChI is InChI=1S/C30H38BrN3O8S2/c1-27(2,3)41-25(35)34(26(36)42-28(4,5)6)24-33-30(23-32-21(31)14-43-23)17-40-29(12-19(30)13-44-24)15-38-22(39-16-29)18-8-10-20(37-7)11-9-18/h8-11,14,19,22H,12-13,15-17H2,1-7H3/t19-,22?,29?,30-/m0/s1. The van der Waals surface area contributed by atoms with Gasteiger partial charge in [-0.15, -0.1) is 11.3 Å². The number of nitrogens with zero attached hydrogens (tertiary/aromatic N) is 3. The van der Waals surface area contributed by atoms with Crippen LogP contribution in [-0.2, 0) is 29.2 Å². The third kappa shape index (κ3) is 7.26. The molecule has 3 aliphatic heterocycles. The van der Waals surface area contributed by atoms with E-state index < -0.39 is 40.8 Å². The summed E-state index contributed by atoms with van der Waals surface area (Å²) in [4.78, 5) is 37.6. The van der Waals surface area contributed by atoms with Gasteiger partial charge in [-0.05, 0) is 76.0 Å². The first-order valence-electron chi connectivity index (χ1n) is 14.2. The minimum absolute atomic E-state index is 0.0630. The lowest BCUT2D eigenvalue weighted by Crippen LogP contribution is -2.60. The fraction of sp³-hybridized carbons (Fsp3) is 0.600. The summed E-state index contributed by atoms with van der Waals surface area (Å²) in [6.07, 6.45) is -1.67. The van der Waals surface area contributed by atoms with E-state index >= 15 is 0 Å². The van der Waals surface area contributed by atoms with Crippen LogP contribution in [0.25, 0.3) is 0 Å². The Morgan fingerprint density at radius 2 is 1.61 bits per heavy atom. The lowest BCUT2D eigenvalue weighted by molar-refractivity contribution is -0.289. The Bertz CT molecular complexity index is 1370. The SMILES string of the molecule is COc1ccc(C2OCC3(CO2)C[C@H]2CSC(N(C(=O)OC(C)(C)C)C(=O)OC(C)(C)C)=N[C@@]2(c2nc(Br)cs2)CO3)cc1. The molecular formula is C30H38BrN3O8S2. The lowest BCUT2D eigenvalue weighted by atomic mass is 9.75. The van der Waals surface area contributed by atoms with Crippen molar-refractivity contribution >= 4 is 56.4 Å². The van der Waals surface area contributed by atoms with Crippen molar-refractivity contribution in [1.29, 1.82) is 0 Å². The summed E-state index contributed by atoms with van der Waals surface area (Å²) in [6.45, 7) is 11.2. The highest BCUT2D eigenvalue weighted by Crippen LogP contribution is 2.51. The second kappa shape index (κ2) is 12.5. The number of amides is 2. The molecule has 1 aromatic carbocycles. The van der Waals surface area contributed by atoms with Crippen molar-refractivity contribution in [3.63, 3.8) is 0 Å². The molecule has 2 atom stereocenters. The van der Waals surface area contributed by atoms with Crippen LogP contribution in [0.3, 0.4) is 0 Å². The third-order valence-electron chi connectivity index (χ3n) is 7.17. The second-order valence-corrected chi connectivity index (χ2v) is 15.7. The molecule has 4 heterocycles. The number of imide groups is 1. The van der Waals surface area contributed by atoms with E-state index in [1.54, 1.807) is 48.7 Å². The Morgan fingerprint density at radius 3 is 2.14 bits per heavy atom. The number of fused-ring (bicyclic) bond motifs is 1. The van der Waals surface area contributed by atoms with Gasteiger partial charge in [-0.25, -0.2) is 19.6 Å². The number of thioether (sulfide) groups is 1. The quantitative estimate of drug-likeness (QED) is 0.333. The molecule has 1 aromatic heterocycles. The second-order valence-electron chi connectivity index (χ2n) is 13.0. The number of hydrogen-bond acceptors (Lipinski definition) is 12. The highest BCUT2D eigenvalue weighted by atomic mass is 79.9. The van der Waals surface area contributed by atoms with Gasteiger partial charge >= 0.3 is 12.2 Å². The minimum Gasteiger partial charge on any atom is -0.497 e. The van der Waals surface area contributed by atoms with E-state index in [4.69, 9.17) is 38.4 Å². The van der Waals surface area contributed by atoms with Crippen LogP contribution in [0.5, 0.6) is 5.75 Å². The van der Waals surface area contributed by atoms with E-state index in [1.165, 1.54) is 23.1 Å². The number of aromatic nitrogens is 1. The van der Waals surface area contributed by atoms with Crippen molar-refractivity contribution in [2.24, 2.45) is 10.9 Å². The molecule has 11 nitrogen and oxygen atoms in total. The van der Waals surface area contributed by atoms with Crippen LogP contribution < -0.4 is 4.74 Å². The minimum atomic E-state index is -0.961. The number of ether oxygens (including phenoxy) is 6. The van der Waals surface area contributed by atoms with Crippen molar-refractivity contribution in [2.45, 2.75) is 76.6 Å². The normalized spacial score (nSPS) is 27.2. The highest BCUT2D eigenvalue weighted by Gasteiger charge is 2.57. The van der Waals surface area contributed by atoms with Gasteiger partial charge in [0.1, 0.15) is 37.7 Å². The number of amidine groups is 1. The average Bonchev–Trinajstić information content (AvgIpc) is 3.39. The number of carbonyl (C=O) groups is 2. The maximum absolute atomic E-state index is 13.4. The van der Waals surface area contributed by atoms with E-state index in [0.29, 0.717) is 35.0 Å². The summed E-state index contributed by atoms with van der Waals surface area (Å²) in [7, 11) is 1.63. The first kappa shape index (κ1) is 33.1. The van der Waals surface area contributed by atoms with Crippen molar-refractivity contribution < 1.29 is 38.0 Å². The van der Waals surface area contributed by atoms with Crippen molar-refractivity contribution in [3.05, 3.63) is 44.8 Å². The number of carbonyl (C=O) groups excluding carboxylic acids is 2. The summed E-state index contributed by atoms with van der Waals surface area (Å²) >= 11 is 6.22. The van der Waals surface area contributed by atoms with E-state index in [-0.39, 0.29) is 17.7 Å². The molecule has 3 aliphatic rings. The van der Waals surface area contributed by atoms with Crippen LogP contribution >= 0.6 is 39.0 Å². The molecule has 2 aromatic rings. The first-order valence-corrected chi connectivity index (χ1v) is 16.9. The zero-order valence-corrected chi connectivity index (χ0v) is 29.1. The zero-order chi connectivity index (χ0) is 31.9. The molecule has 5 rings (SSSR count). The molecular weight excluding hydrogens is 674 g/mol. The zero-order valence-electron chi connectivity index (χ0n) is 25.9. The number of aliphatic imine (C=N–C) groups is 1. The first-order chi connectivity index (χ1) is 20.6. The summed E-state index contributed by atoms with van der Waals surface area (Å²) < 4.78 is 36.1. The van der Waals surface area contributed by atoms with Crippen LogP contribution in [0.1, 0.15) is 64.8 Å². The number of hydrogen-bond donors (Lipinski definition) is 0. The Labute approximate surface area is 274 Å². The molecule has 240 valence electrons. The van der Waals surface area contributed by atoms with Gasteiger partial charge in [-0.2, -0.15) is 4.90 Å². The van der Waals surface area contributed by atoms with Gasteiger partial charge in [-0.3, -0.25) is 0 Å². The Kier molecular flexibility index (Phi) is 9.43.